The van der Waals surface area contributed by atoms with Crippen molar-refractivity contribution in [2.24, 2.45) is 0 Å². The summed E-state index contributed by atoms with van der Waals surface area (Å²) in [5, 5.41) is 19.6. The van der Waals surface area contributed by atoms with Crippen LogP contribution in [0.4, 0.5) is 5.69 Å². The number of rotatable bonds is 6. The first-order chi connectivity index (χ1) is 8.45. The molecule has 6 nitrogen and oxygen atoms in total. The number of nitro groups is 1. The maximum atomic E-state index is 11.0. The molecule has 0 fully saturated rings. The van der Waals surface area contributed by atoms with Crippen molar-refractivity contribution in [3.63, 3.8) is 0 Å². The Hall–Kier alpha value is -1.95. The minimum Gasteiger partial charge on any atom is -0.480 e. The summed E-state index contributed by atoms with van der Waals surface area (Å²) in [4.78, 5) is 22.8. The van der Waals surface area contributed by atoms with Crippen molar-refractivity contribution in [2.75, 3.05) is 7.05 Å². The number of hydrogen-bond donors (Lipinski definition) is 1. The van der Waals surface area contributed by atoms with E-state index in [1.54, 1.807) is 31.0 Å². The molecule has 1 unspecified atom stereocenters. The Bertz CT molecular complexity index is 447. The topological polar surface area (TPSA) is 83.7 Å². The molecule has 0 radical (unpaired) electrons. The van der Waals surface area contributed by atoms with Crippen molar-refractivity contribution in [3.8, 4) is 0 Å². The molecule has 98 valence electrons. The fourth-order valence-corrected chi connectivity index (χ4v) is 1.84. The third kappa shape index (κ3) is 3.53. The molecular weight excluding hydrogens is 236 g/mol. The van der Waals surface area contributed by atoms with Crippen LogP contribution in [0.3, 0.4) is 0 Å². The van der Waals surface area contributed by atoms with Gasteiger partial charge >= 0.3 is 5.97 Å². The second-order valence-electron chi connectivity index (χ2n) is 4.10. The van der Waals surface area contributed by atoms with Gasteiger partial charge in [0, 0.05) is 18.7 Å². The van der Waals surface area contributed by atoms with Crippen LogP contribution in [-0.4, -0.2) is 34.0 Å². The zero-order valence-electron chi connectivity index (χ0n) is 10.4. The number of carboxylic acids is 1. The number of aliphatic carboxylic acids is 1. The number of nitrogens with zero attached hydrogens (tertiary/aromatic N) is 2. The first kappa shape index (κ1) is 14.1. The Labute approximate surface area is 105 Å². The fraction of sp³-hybridized carbons (Fsp3) is 0.417. The summed E-state index contributed by atoms with van der Waals surface area (Å²) in [6.45, 7) is 2.16. The summed E-state index contributed by atoms with van der Waals surface area (Å²) >= 11 is 0. The van der Waals surface area contributed by atoms with Gasteiger partial charge in [-0.2, -0.15) is 0 Å². The maximum absolute atomic E-state index is 11.0. The van der Waals surface area contributed by atoms with E-state index in [0.29, 0.717) is 13.0 Å². The minimum atomic E-state index is -0.884. The van der Waals surface area contributed by atoms with Crippen LogP contribution in [0, 0.1) is 10.1 Å². The lowest BCUT2D eigenvalue weighted by molar-refractivity contribution is -0.384. The van der Waals surface area contributed by atoms with Gasteiger partial charge in [-0.05, 0) is 19.0 Å². The normalized spacial score (nSPS) is 12.4. The Morgan fingerprint density at radius 2 is 2.22 bits per heavy atom. The predicted molar refractivity (Wildman–Crippen MR) is 66.3 cm³/mol. The number of carboxylic acid groups (broad SMARTS) is 1. The minimum absolute atomic E-state index is 0.0178. The highest BCUT2D eigenvalue weighted by atomic mass is 16.6. The summed E-state index contributed by atoms with van der Waals surface area (Å²) in [6, 6.07) is 5.65. The highest BCUT2D eigenvalue weighted by molar-refractivity contribution is 5.73. The van der Waals surface area contributed by atoms with E-state index in [4.69, 9.17) is 5.11 Å². The standard InChI is InChI=1S/C12H16N2O4/c1-3-11(12(15)16)13(2)8-9-5-4-6-10(7-9)14(17)18/h4-7,11H,3,8H2,1-2H3,(H,15,16). The van der Waals surface area contributed by atoms with Gasteiger partial charge < -0.3 is 5.11 Å². The van der Waals surface area contributed by atoms with Gasteiger partial charge in [0.05, 0.1) is 4.92 Å². The van der Waals surface area contributed by atoms with Gasteiger partial charge in [0.15, 0.2) is 0 Å². The van der Waals surface area contributed by atoms with Gasteiger partial charge in [0.25, 0.3) is 5.69 Å². The zero-order valence-corrected chi connectivity index (χ0v) is 10.4. The van der Waals surface area contributed by atoms with Crippen molar-refractivity contribution >= 4 is 11.7 Å². The van der Waals surface area contributed by atoms with Crippen molar-refractivity contribution in [1.29, 1.82) is 0 Å². The van der Waals surface area contributed by atoms with Crippen molar-refractivity contribution in [3.05, 3.63) is 39.9 Å². The van der Waals surface area contributed by atoms with Crippen LogP contribution < -0.4 is 0 Å². The number of hydrogen-bond acceptors (Lipinski definition) is 4. The maximum Gasteiger partial charge on any atom is 0.320 e. The molecule has 1 rings (SSSR count). The predicted octanol–water partition coefficient (Wildman–Crippen LogP) is 1.89. The molecule has 0 amide bonds. The lowest BCUT2D eigenvalue weighted by Crippen LogP contribution is -2.37. The molecule has 0 saturated heterocycles. The molecule has 1 atom stereocenters. The number of likely N-dealkylation sites (N-methyl/N-ethyl adjacent to an activating group) is 1. The molecule has 0 aliphatic carbocycles. The number of non-ortho nitro benzene ring substituents is 1. The third-order valence-corrected chi connectivity index (χ3v) is 2.76. The van der Waals surface area contributed by atoms with Crippen molar-refractivity contribution in [2.45, 2.75) is 25.9 Å². The summed E-state index contributed by atoms with van der Waals surface area (Å²) in [5.74, 6) is -0.884. The molecule has 1 aromatic rings. The van der Waals surface area contributed by atoms with Crippen LogP contribution in [-0.2, 0) is 11.3 Å². The smallest absolute Gasteiger partial charge is 0.320 e. The van der Waals surface area contributed by atoms with E-state index in [-0.39, 0.29) is 5.69 Å². The van der Waals surface area contributed by atoms with Gasteiger partial charge in [-0.15, -0.1) is 0 Å². The highest BCUT2D eigenvalue weighted by Crippen LogP contribution is 2.15. The Balaban J connectivity index is 2.81. The van der Waals surface area contributed by atoms with Crippen LogP contribution in [0.25, 0.3) is 0 Å². The summed E-state index contributed by atoms with van der Waals surface area (Å²) in [6.07, 6.45) is 0.487. The van der Waals surface area contributed by atoms with E-state index in [1.807, 2.05) is 0 Å². The van der Waals surface area contributed by atoms with Crippen molar-refractivity contribution < 1.29 is 14.8 Å². The Morgan fingerprint density at radius 1 is 1.56 bits per heavy atom. The van der Waals surface area contributed by atoms with Crippen LogP contribution in [0.1, 0.15) is 18.9 Å². The average molecular weight is 252 g/mol. The Kier molecular flexibility index (Phi) is 4.79. The van der Waals surface area contributed by atoms with E-state index in [0.717, 1.165) is 5.56 Å². The van der Waals surface area contributed by atoms with E-state index < -0.39 is 16.9 Å². The first-order valence-electron chi connectivity index (χ1n) is 5.62. The summed E-state index contributed by atoms with van der Waals surface area (Å²) < 4.78 is 0. The number of benzene rings is 1. The first-order valence-corrected chi connectivity index (χ1v) is 5.62. The van der Waals surface area contributed by atoms with Gasteiger partial charge in [-0.3, -0.25) is 19.8 Å². The van der Waals surface area contributed by atoms with Crippen LogP contribution >= 0.6 is 0 Å². The van der Waals surface area contributed by atoms with Crippen LogP contribution in [0.5, 0.6) is 0 Å². The zero-order chi connectivity index (χ0) is 13.7. The third-order valence-electron chi connectivity index (χ3n) is 2.76. The van der Waals surface area contributed by atoms with Crippen LogP contribution in [0.15, 0.2) is 24.3 Å². The second kappa shape index (κ2) is 6.11. The summed E-state index contributed by atoms with van der Waals surface area (Å²) in [7, 11) is 1.70. The molecule has 18 heavy (non-hydrogen) atoms. The molecule has 6 heteroatoms. The summed E-state index contributed by atoms with van der Waals surface area (Å²) in [5.41, 5.74) is 0.746. The largest absolute Gasteiger partial charge is 0.480 e. The van der Waals surface area contributed by atoms with E-state index in [9.17, 15) is 14.9 Å². The quantitative estimate of drug-likeness (QED) is 0.617. The SMILES string of the molecule is CCC(C(=O)O)N(C)Cc1cccc([N+](=O)[O-])c1. The molecule has 1 aromatic carbocycles. The fourth-order valence-electron chi connectivity index (χ4n) is 1.84. The molecule has 0 bridgehead atoms. The highest BCUT2D eigenvalue weighted by Gasteiger charge is 2.20. The molecule has 0 saturated carbocycles. The number of nitro benzene ring substituents is 1. The average Bonchev–Trinajstić information content (AvgIpc) is 2.29. The van der Waals surface area contributed by atoms with E-state index >= 15 is 0 Å². The molecule has 0 aliphatic rings. The van der Waals surface area contributed by atoms with Gasteiger partial charge in [0.1, 0.15) is 6.04 Å². The van der Waals surface area contributed by atoms with E-state index in [2.05, 4.69) is 0 Å². The van der Waals surface area contributed by atoms with E-state index in [1.165, 1.54) is 12.1 Å². The van der Waals surface area contributed by atoms with Gasteiger partial charge in [0.2, 0.25) is 0 Å². The van der Waals surface area contributed by atoms with Gasteiger partial charge in [-0.1, -0.05) is 19.1 Å². The lowest BCUT2D eigenvalue weighted by atomic mass is 10.1. The molecule has 0 heterocycles. The molecule has 0 aliphatic heterocycles. The lowest BCUT2D eigenvalue weighted by Gasteiger charge is -2.23. The monoisotopic (exact) mass is 252 g/mol. The molecule has 0 spiro atoms. The molecule has 1 N–H and O–H groups in total. The molecular formula is C12H16N2O4. The van der Waals surface area contributed by atoms with Crippen LogP contribution in [0.2, 0.25) is 0 Å². The van der Waals surface area contributed by atoms with Crippen molar-refractivity contribution in [1.82, 2.24) is 4.90 Å². The second-order valence-corrected chi connectivity index (χ2v) is 4.10. The molecule has 0 aromatic heterocycles. The number of carbonyl (C=O) groups is 1. The van der Waals surface area contributed by atoms with Gasteiger partial charge in [-0.25, -0.2) is 0 Å². The Morgan fingerprint density at radius 3 is 2.72 bits per heavy atom.